The lowest BCUT2D eigenvalue weighted by Crippen LogP contribution is -2.28. The topological polar surface area (TPSA) is 89.9 Å². The van der Waals surface area contributed by atoms with Crippen LogP contribution < -0.4 is 0 Å². The Hall–Kier alpha value is -3.07. The summed E-state index contributed by atoms with van der Waals surface area (Å²) in [6.07, 6.45) is 2.63. The van der Waals surface area contributed by atoms with Crippen molar-refractivity contribution < 1.29 is 9.32 Å². The molecule has 0 N–H and O–H groups in total. The SMILES string of the molecule is O=C(CCn1nnc2cc(-c3noc(-c4ccc(Br)cc4)n3)ccc21)N1CCCC1. The molecule has 8 nitrogen and oxygen atoms in total. The molecule has 1 saturated heterocycles. The van der Waals surface area contributed by atoms with Gasteiger partial charge < -0.3 is 9.42 Å². The van der Waals surface area contributed by atoms with Gasteiger partial charge in [0.1, 0.15) is 5.52 Å². The van der Waals surface area contributed by atoms with Crippen molar-refractivity contribution in [1.82, 2.24) is 30.0 Å². The van der Waals surface area contributed by atoms with Gasteiger partial charge >= 0.3 is 0 Å². The Bertz CT molecular complexity index is 1190. The first-order valence-corrected chi connectivity index (χ1v) is 10.7. The Labute approximate surface area is 181 Å². The Morgan fingerprint density at radius 2 is 1.83 bits per heavy atom. The van der Waals surface area contributed by atoms with Gasteiger partial charge in [-0.2, -0.15) is 4.98 Å². The van der Waals surface area contributed by atoms with Gasteiger partial charge in [-0.15, -0.1) is 5.10 Å². The third kappa shape index (κ3) is 3.72. The number of hydrogen-bond acceptors (Lipinski definition) is 6. The second kappa shape index (κ2) is 7.98. The molecular formula is C21H19BrN6O2. The van der Waals surface area contributed by atoms with Crippen LogP contribution in [0.15, 0.2) is 51.5 Å². The maximum absolute atomic E-state index is 12.3. The Morgan fingerprint density at radius 3 is 2.63 bits per heavy atom. The second-order valence-electron chi connectivity index (χ2n) is 7.28. The number of benzene rings is 2. The molecule has 3 heterocycles. The van der Waals surface area contributed by atoms with Gasteiger partial charge in [0.25, 0.3) is 5.89 Å². The summed E-state index contributed by atoms with van der Waals surface area (Å²) in [6, 6.07) is 13.4. The summed E-state index contributed by atoms with van der Waals surface area (Å²) in [4.78, 5) is 18.7. The molecule has 1 amide bonds. The minimum Gasteiger partial charge on any atom is -0.343 e. The zero-order valence-electron chi connectivity index (χ0n) is 16.2. The Morgan fingerprint density at radius 1 is 1.07 bits per heavy atom. The normalized spacial score (nSPS) is 14.0. The van der Waals surface area contributed by atoms with E-state index in [2.05, 4.69) is 36.4 Å². The van der Waals surface area contributed by atoms with Crippen LogP contribution >= 0.6 is 15.9 Å². The number of amides is 1. The molecule has 9 heteroatoms. The van der Waals surface area contributed by atoms with Gasteiger partial charge in [0.15, 0.2) is 0 Å². The number of aromatic nitrogens is 5. The molecule has 0 saturated carbocycles. The molecule has 2 aromatic carbocycles. The molecule has 0 radical (unpaired) electrons. The number of hydrogen-bond donors (Lipinski definition) is 0. The van der Waals surface area contributed by atoms with Crippen molar-refractivity contribution in [2.45, 2.75) is 25.8 Å². The fourth-order valence-corrected chi connectivity index (χ4v) is 3.92. The van der Waals surface area contributed by atoms with Crippen LogP contribution in [0.25, 0.3) is 33.9 Å². The average molecular weight is 467 g/mol. The Kier molecular flexibility index (Phi) is 5.04. The van der Waals surface area contributed by atoms with Crippen molar-refractivity contribution in [2.24, 2.45) is 0 Å². The van der Waals surface area contributed by atoms with Crippen LogP contribution in [0, 0.1) is 0 Å². The lowest BCUT2D eigenvalue weighted by molar-refractivity contribution is -0.130. The standard InChI is InChI=1S/C21H19BrN6O2/c22-16-6-3-14(4-7-16)21-23-20(25-30-21)15-5-8-18-17(13-15)24-26-28(18)12-9-19(29)27-10-1-2-11-27/h3-8,13H,1-2,9-12H2. The molecule has 1 aliphatic rings. The number of aryl methyl sites for hydroxylation is 1. The molecule has 0 aliphatic carbocycles. The highest BCUT2D eigenvalue weighted by Gasteiger charge is 2.18. The van der Waals surface area contributed by atoms with E-state index in [1.807, 2.05) is 47.4 Å². The summed E-state index contributed by atoms with van der Waals surface area (Å²) < 4.78 is 8.18. The van der Waals surface area contributed by atoms with Crippen LogP contribution in [0.4, 0.5) is 0 Å². The van der Waals surface area contributed by atoms with E-state index < -0.39 is 0 Å². The molecule has 0 bridgehead atoms. The maximum atomic E-state index is 12.3. The maximum Gasteiger partial charge on any atom is 0.258 e. The molecule has 1 fully saturated rings. The number of rotatable bonds is 5. The van der Waals surface area contributed by atoms with Crippen LogP contribution in [-0.2, 0) is 11.3 Å². The summed E-state index contributed by atoms with van der Waals surface area (Å²) in [6.45, 7) is 2.25. The lowest BCUT2D eigenvalue weighted by atomic mass is 10.2. The first-order valence-electron chi connectivity index (χ1n) is 9.88. The molecule has 1 aliphatic heterocycles. The van der Waals surface area contributed by atoms with Crippen molar-refractivity contribution in [3.8, 4) is 22.8 Å². The Balaban J connectivity index is 1.33. The lowest BCUT2D eigenvalue weighted by Gasteiger charge is -2.14. The van der Waals surface area contributed by atoms with Crippen molar-refractivity contribution in [3.05, 3.63) is 46.9 Å². The zero-order chi connectivity index (χ0) is 20.5. The van der Waals surface area contributed by atoms with E-state index in [9.17, 15) is 4.79 Å². The molecule has 0 unspecified atom stereocenters. The molecular weight excluding hydrogens is 448 g/mol. The van der Waals surface area contributed by atoms with Crippen LogP contribution in [0.2, 0.25) is 0 Å². The summed E-state index contributed by atoms with van der Waals surface area (Å²) in [5.41, 5.74) is 3.27. The van der Waals surface area contributed by atoms with E-state index in [1.165, 1.54) is 0 Å². The molecule has 30 heavy (non-hydrogen) atoms. The number of nitrogens with zero attached hydrogens (tertiary/aromatic N) is 6. The summed E-state index contributed by atoms with van der Waals surface area (Å²) in [5.74, 6) is 1.13. The fraction of sp³-hybridized carbons (Fsp3) is 0.286. The predicted octanol–water partition coefficient (Wildman–Crippen LogP) is 3.92. The van der Waals surface area contributed by atoms with Crippen molar-refractivity contribution in [2.75, 3.05) is 13.1 Å². The van der Waals surface area contributed by atoms with E-state index >= 15 is 0 Å². The molecule has 4 aromatic rings. The van der Waals surface area contributed by atoms with Gasteiger partial charge in [0, 0.05) is 35.1 Å². The number of halogens is 1. The third-order valence-electron chi connectivity index (χ3n) is 5.29. The van der Waals surface area contributed by atoms with Crippen molar-refractivity contribution in [3.63, 3.8) is 0 Å². The first kappa shape index (κ1) is 18.9. The number of fused-ring (bicyclic) bond motifs is 1. The van der Waals surface area contributed by atoms with Crippen molar-refractivity contribution >= 4 is 32.9 Å². The summed E-state index contributed by atoms with van der Waals surface area (Å²) in [7, 11) is 0. The molecule has 0 spiro atoms. The molecule has 2 aromatic heterocycles. The van der Waals surface area contributed by atoms with Gasteiger partial charge in [-0.3, -0.25) is 4.79 Å². The van der Waals surface area contributed by atoms with Crippen molar-refractivity contribution in [1.29, 1.82) is 0 Å². The highest BCUT2D eigenvalue weighted by atomic mass is 79.9. The van der Waals surface area contributed by atoms with E-state index in [0.717, 1.165) is 52.6 Å². The summed E-state index contributed by atoms with van der Waals surface area (Å²) in [5, 5.41) is 12.6. The highest BCUT2D eigenvalue weighted by Crippen LogP contribution is 2.25. The van der Waals surface area contributed by atoms with Crippen LogP contribution in [0.1, 0.15) is 19.3 Å². The second-order valence-corrected chi connectivity index (χ2v) is 8.20. The predicted molar refractivity (Wildman–Crippen MR) is 114 cm³/mol. The van der Waals surface area contributed by atoms with E-state index in [-0.39, 0.29) is 5.91 Å². The summed E-state index contributed by atoms with van der Waals surface area (Å²) >= 11 is 3.42. The van der Waals surface area contributed by atoms with E-state index in [1.54, 1.807) is 4.68 Å². The first-order chi connectivity index (χ1) is 14.7. The van der Waals surface area contributed by atoms with Gasteiger partial charge in [0.05, 0.1) is 12.1 Å². The average Bonchev–Trinajstić information content (AvgIpc) is 3.53. The number of carbonyl (C=O) groups is 1. The molecule has 152 valence electrons. The fourth-order valence-electron chi connectivity index (χ4n) is 3.65. The van der Waals surface area contributed by atoms with E-state index in [4.69, 9.17) is 4.52 Å². The quantitative estimate of drug-likeness (QED) is 0.442. The highest BCUT2D eigenvalue weighted by molar-refractivity contribution is 9.10. The number of carbonyl (C=O) groups excluding carboxylic acids is 1. The van der Waals surface area contributed by atoms with Gasteiger partial charge in [-0.25, -0.2) is 4.68 Å². The minimum atomic E-state index is 0.181. The van der Waals surface area contributed by atoms with Gasteiger partial charge in [-0.05, 0) is 55.3 Å². The largest absolute Gasteiger partial charge is 0.343 e. The zero-order valence-corrected chi connectivity index (χ0v) is 17.7. The van der Waals surface area contributed by atoms with Crippen LogP contribution in [-0.4, -0.2) is 49.0 Å². The van der Waals surface area contributed by atoms with Gasteiger partial charge in [-0.1, -0.05) is 26.3 Å². The monoisotopic (exact) mass is 466 g/mol. The molecule has 5 rings (SSSR count). The third-order valence-corrected chi connectivity index (χ3v) is 5.81. The van der Waals surface area contributed by atoms with Gasteiger partial charge in [0.2, 0.25) is 11.7 Å². The van der Waals surface area contributed by atoms with Crippen LogP contribution in [0.3, 0.4) is 0 Å². The number of likely N-dealkylation sites (tertiary alicyclic amines) is 1. The van der Waals surface area contributed by atoms with E-state index in [0.29, 0.717) is 24.7 Å². The van der Waals surface area contributed by atoms with Crippen LogP contribution in [0.5, 0.6) is 0 Å². The minimum absolute atomic E-state index is 0.181. The molecule has 0 atom stereocenters. The smallest absolute Gasteiger partial charge is 0.258 e.